The first kappa shape index (κ1) is 20.9. The molecule has 1 aliphatic heterocycles. The van der Waals surface area contributed by atoms with Crippen LogP contribution in [0.2, 0.25) is 0 Å². The Hall–Kier alpha value is -3.42. The van der Waals surface area contributed by atoms with E-state index in [0.29, 0.717) is 24.6 Å². The summed E-state index contributed by atoms with van der Waals surface area (Å²) in [4.78, 5) is 26.0. The fraction of sp³-hybridized carbons (Fsp3) is 0.357. The summed E-state index contributed by atoms with van der Waals surface area (Å²) >= 11 is 0. The van der Waals surface area contributed by atoms with E-state index in [4.69, 9.17) is 10.7 Å². The summed E-state index contributed by atoms with van der Waals surface area (Å²) in [5.41, 5.74) is 13.0. The van der Waals surface area contributed by atoms with Crippen molar-refractivity contribution in [2.45, 2.75) is 62.1 Å². The van der Waals surface area contributed by atoms with E-state index in [1.165, 1.54) is 24.0 Å². The molecular weight excluding hydrogens is 438 g/mol. The molecule has 3 heterocycles. The largest absolute Gasteiger partial charge is 0.393 e. The molecule has 7 rings (SSSR count). The van der Waals surface area contributed by atoms with Gasteiger partial charge in [-0.15, -0.1) is 0 Å². The monoisotopic (exact) mass is 465 g/mol. The summed E-state index contributed by atoms with van der Waals surface area (Å²) in [6.07, 6.45) is 9.50. The lowest BCUT2D eigenvalue weighted by molar-refractivity contribution is 0.0165. The highest BCUT2D eigenvalue weighted by Gasteiger charge is 2.44. The molecule has 2 fully saturated rings. The molecule has 2 aliphatic carbocycles. The standard InChI is InChI=1S/C28H27N5O2/c29-28(11-20(35)12-28)27-30-13-19(14-31-27)17-6-7-22-24(10-17)33-23(8-9-25(33)32-22)26-18(15-34)2-1-3-21(26)16-4-5-16/h1-3,6-7,10,13-16,20,23,35H,4-5,8-9,11-12,29H2/t20?,23-,28?/m1/s1. The van der Waals surface area contributed by atoms with Gasteiger partial charge >= 0.3 is 0 Å². The molecule has 0 spiro atoms. The number of nitrogens with two attached hydrogens (primary N) is 1. The van der Waals surface area contributed by atoms with E-state index in [1.807, 2.05) is 24.5 Å². The number of rotatable bonds is 5. The van der Waals surface area contributed by atoms with Crippen LogP contribution in [-0.4, -0.2) is 37.0 Å². The zero-order valence-corrected chi connectivity index (χ0v) is 19.4. The third kappa shape index (κ3) is 3.26. The number of aryl methyl sites for hydroxylation is 1. The molecule has 35 heavy (non-hydrogen) atoms. The molecule has 3 aliphatic rings. The molecule has 0 amide bonds. The van der Waals surface area contributed by atoms with Crippen LogP contribution in [0.1, 0.15) is 77.2 Å². The van der Waals surface area contributed by atoms with Crippen molar-refractivity contribution >= 4 is 17.3 Å². The Kier molecular flexibility index (Phi) is 4.50. The fourth-order valence-corrected chi connectivity index (χ4v) is 6.05. The Labute approximate surface area is 203 Å². The molecule has 0 radical (unpaired) electrons. The van der Waals surface area contributed by atoms with Crippen LogP contribution in [0.3, 0.4) is 0 Å². The Morgan fingerprint density at radius 3 is 2.57 bits per heavy atom. The maximum absolute atomic E-state index is 12.0. The molecule has 2 aromatic carbocycles. The number of carbonyl (C=O) groups is 1. The molecule has 0 saturated heterocycles. The maximum atomic E-state index is 12.0. The minimum Gasteiger partial charge on any atom is -0.393 e. The van der Waals surface area contributed by atoms with E-state index in [2.05, 4.69) is 38.8 Å². The highest BCUT2D eigenvalue weighted by Crippen LogP contribution is 2.47. The number of aromatic nitrogens is 4. The van der Waals surface area contributed by atoms with Gasteiger partial charge in [0.2, 0.25) is 0 Å². The number of aldehydes is 1. The Morgan fingerprint density at radius 1 is 1.06 bits per heavy atom. The van der Waals surface area contributed by atoms with E-state index in [0.717, 1.165) is 52.7 Å². The zero-order chi connectivity index (χ0) is 23.7. The van der Waals surface area contributed by atoms with E-state index in [1.54, 1.807) is 0 Å². The summed E-state index contributed by atoms with van der Waals surface area (Å²) in [6, 6.07) is 12.5. The fourth-order valence-electron chi connectivity index (χ4n) is 6.05. The van der Waals surface area contributed by atoms with Gasteiger partial charge in [-0.1, -0.05) is 24.3 Å². The van der Waals surface area contributed by atoms with Crippen molar-refractivity contribution < 1.29 is 9.90 Å². The second kappa shape index (κ2) is 7.54. The lowest BCUT2D eigenvalue weighted by Gasteiger charge is -2.40. The highest BCUT2D eigenvalue weighted by atomic mass is 16.3. The van der Waals surface area contributed by atoms with Gasteiger partial charge in [-0.25, -0.2) is 15.0 Å². The molecule has 0 bridgehead atoms. The number of benzene rings is 2. The van der Waals surface area contributed by atoms with Crippen molar-refractivity contribution in [3.63, 3.8) is 0 Å². The predicted octanol–water partition coefficient (Wildman–Crippen LogP) is 4.03. The topological polar surface area (TPSA) is 107 Å². The first-order valence-electron chi connectivity index (χ1n) is 12.4. The minimum atomic E-state index is -0.632. The van der Waals surface area contributed by atoms with Crippen molar-refractivity contribution in [1.29, 1.82) is 0 Å². The quantitative estimate of drug-likeness (QED) is 0.431. The summed E-state index contributed by atoms with van der Waals surface area (Å²) in [6.45, 7) is 0. The van der Waals surface area contributed by atoms with Gasteiger partial charge < -0.3 is 15.4 Å². The Morgan fingerprint density at radius 2 is 1.86 bits per heavy atom. The molecular formula is C28H27N5O2. The van der Waals surface area contributed by atoms with Gasteiger partial charge in [0.1, 0.15) is 17.9 Å². The number of hydrogen-bond donors (Lipinski definition) is 2. The van der Waals surface area contributed by atoms with Crippen molar-refractivity contribution in [2.75, 3.05) is 0 Å². The molecule has 4 aromatic rings. The number of hydrogen-bond acceptors (Lipinski definition) is 6. The smallest absolute Gasteiger partial charge is 0.150 e. The third-order valence-corrected chi connectivity index (χ3v) is 8.00. The first-order chi connectivity index (χ1) is 17.0. The number of fused-ring (bicyclic) bond motifs is 3. The van der Waals surface area contributed by atoms with Gasteiger partial charge in [0, 0.05) is 29.9 Å². The summed E-state index contributed by atoms with van der Waals surface area (Å²) < 4.78 is 2.34. The van der Waals surface area contributed by atoms with Gasteiger partial charge in [-0.2, -0.15) is 0 Å². The van der Waals surface area contributed by atoms with Crippen molar-refractivity contribution in [2.24, 2.45) is 5.73 Å². The van der Waals surface area contributed by atoms with Gasteiger partial charge in [-0.3, -0.25) is 4.79 Å². The van der Waals surface area contributed by atoms with Crippen LogP contribution < -0.4 is 5.73 Å². The van der Waals surface area contributed by atoms with Crippen LogP contribution in [0, 0.1) is 0 Å². The molecule has 2 aromatic heterocycles. The van der Waals surface area contributed by atoms with Gasteiger partial charge in [0.25, 0.3) is 0 Å². The molecule has 7 nitrogen and oxygen atoms in total. The van der Waals surface area contributed by atoms with Gasteiger partial charge in [0.05, 0.1) is 28.7 Å². The van der Waals surface area contributed by atoms with Crippen LogP contribution in [0.25, 0.3) is 22.2 Å². The molecule has 0 unspecified atom stereocenters. The molecule has 1 atom stereocenters. The van der Waals surface area contributed by atoms with E-state index in [9.17, 15) is 9.90 Å². The summed E-state index contributed by atoms with van der Waals surface area (Å²) in [7, 11) is 0. The summed E-state index contributed by atoms with van der Waals surface area (Å²) in [5.74, 6) is 2.22. The van der Waals surface area contributed by atoms with Gasteiger partial charge in [-0.05, 0) is 66.8 Å². The van der Waals surface area contributed by atoms with Gasteiger partial charge in [0.15, 0.2) is 0 Å². The maximum Gasteiger partial charge on any atom is 0.150 e. The number of carbonyl (C=O) groups excluding carboxylic acids is 1. The molecule has 3 N–H and O–H groups in total. The average molecular weight is 466 g/mol. The first-order valence-corrected chi connectivity index (χ1v) is 12.4. The molecule has 7 heteroatoms. The summed E-state index contributed by atoms with van der Waals surface area (Å²) in [5, 5.41) is 9.66. The number of nitrogens with zero attached hydrogens (tertiary/aromatic N) is 4. The van der Waals surface area contributed by atoms with Crippen molar-refractivity contribution in [3.8, 4) is 11.1 Å². The Balaban J connectivity index is 1.30. The molecule has 176 valence electrons. The van der Waals surface area contributed by atoms with Crippen LogP contribution >= 0.6 is 0 Å². The second-order valence-corrected chi connectivity index (χ2v) is 10.4. The SMILES string of the molecule is NC1(c2ncc(-c3ccc4nc5n(c4c3)[C@@H](c3c(C=O)cccc3C3CC3)CC5)cn2)CC(O)C1. The lowest BCUT2D eigenvalue weighted by Crippen LogP contribution is -2.52. The highest BCUT2D eigenvalue weighted by molar-refractivity contribution is 5.84. The van der Waals surface area contributed by atoms with E-state index >= 15 is 0 Å². The van der Waals surface area contributed by atoms with Crippen LogP contribution in [0.15, 0.2) is 48.8 Å². The minimum absolute atomic E-state index is 0.114. The molecule has 2 saturated carbocycles. The zero-order valence-electron chi connectivity index (χ0n) is 19.4. The van der Waals surface area contributed by atoms with Crippen molar-refractivity contribution in [1.82, 2.24) is 19.5 Å². The average Bonchev–Trinajstić information content (AvgIpc) is 3.53. The third-order valence-electron chi connectivity index (χ3n) is 8.00. The lowest BCUT2D eigenvalue weighted by atomic mass is 9.74. The predicted molar refractivity (Wildman–Crippen MR) is 132 cm³/mol. The van der Waals surface area contributed by atoms with E-state index < -0.39 is 5.54 Å². The van der Waals surface area contributed by atoms with Crippen LogP contribution in [0.5, 0.6) is 0 Å². The van der Waals surface area contributed by atoms with E-state index in [-0.39, 0.29) is 12.1 Å². The van der Waals surface area contributed by atoms with Crippen molar-refractivity contribution in [3.05, 3.63) is 77.1 Å². The second-order valence-electron chi connectivity index (χ2n) is 10.4. The number of imidazole rings is 1. The normalized spacial score (nSPS) is 25.4. The Bertz CT molecular complexity index is 1460. The number of aliphatic hydroxyl groups excluding tert-OH is 1. The van der Waals surface area contributed by atoms with Crippen LogP contribution in [0.4, 0.5) is 0 Å². The van der Waals surface area contributed by atoms with Crippen LogP contribution in [-0.2, 0) is 12.0 Å². The number of aliphatic hydroxyl groups is 1.